The van der Waals surface area contributed by atoms with Crippen molar-refractivity contribution in [1.29, 1.82) is 0 Å². The van der Waals surface area contributed by atoms with Crippen LogP contribution in [-0.2, 0) is 18.4 Å². The van der Waals surface area contributed by atoms with Crippen molar-refractivity contribution in [3.05, 3.63) is 77.6 Å². The quantitative estimate of drug-likeness (QED) is 0.632. The molecular formula is C23H27ClN4O2. The van der Waals surface area contributed by atoms with Crippen LogP contribution in [0.2, 0.25) is 0 Å². The molecule has 0 spiro atoms. The molecule has 0 saturated carbocycles. The highest BCUT2D eigenvalue weighted by molar-refractivity contribution is 5.85. The van der Waals surface area contributed by atoms with Gasteiger partial charge in [0.15, 0.2) is 0 Å². The number of ether oxygens (including phenoxy) is 1. The highest BCUT2D eigenvalue weighted by Gasteiger charge is 2.34. The molecule has 1 fully saturated rings. The number of aryl methyl sites for hydroxylation is 2. The lowest BCUT2D eigenvalue weighted by atomic mass is 9.90. The summed E-state index contributed by atoms with van der Waals surface area (Å²) < 4.78 is 7.82. The van der Waals surface area contributed by atoms with Gasteiger partial charge in [-0.15, -0.1) is 12.4 Å². The maximum atomic E-state index is 12.9. The van der Waals surface area contributed by atoms with Gasteiger partial charge in [-0.05, 0) is 30.7 Å². The Kier molecular flexibility index (Phi) is 7.13. The first-order chi connectivity index (χ1) is 14.1. The third-order valence-corrected chi connectivity index (χ3v) is 5.38. The van der Waals surface area contributed by atoms with Gasteiger partial charge in [0.1, 0.15) is 11.5 Å². The zero-order valence-corrected chi connectivity index (χ0v) is 18.0. The van der Waals surface area contributed by atoms with Crippen molar-refractivity contribution in [3.63, 3.8) is 0 Å². The smallest absolute Gasteiger partial charge is 0.225 e. The van der Waals surface area contributed by atoms with Crippen LogP contribution in [0.3, 0.4) is 0 Å². The van der Waals surface area contributed by atoms with Crippen LogP contribution in [0.25, 0.3) is 0 Å². The number of rotatable bonds is 6. The maximum absolute atomic E-state index is 12.9. The molecule has 1 aromatic heterocycles. The Morgan fingerprint density at radius 3 is 2.70 bits per heavy atom. The molecule has 0 bridgehead atoms. The zero-order chi connectivity index (χ0) is 20.2. The summed E-state index contributed by atoms with van der Waals surface area (Å²) in [6.07, 6.45) is 3.84. The Balaban J connectivity index is 0.00000256. The van der Waals surface area contributed by atoms with Crippen LogP contribution in [0.4, 0.5) is 0 Å². The molecule has 0 unspecified atom stereocenters. The van der Waals surface area contributed by atoms with E-state index in [-0.39, 0.29) is 30.2 Å². The summed E-state index contributed by atoms with van der Waals surface area (Å²) in [7, 11) is 1.89. The molecule has 30 heavy (non-hydrogen) atoms. The molecule has 2 heterocycles. The summed E-state index contributed by atoms with van der Waals surface area (Å²) >= 11 is 0. The van der Waals surface area contributed by atoms with Gasteiger partial charge in [0.2, 0.25) is 5.91 Å². The number of hydrogen-bond acceptors (Lipinski definition) is 4. The molecule has 4 rings (SSSR count). The topological polar surface area (TPSA) is 68.2 Å². The third kappa shape index (κ3) is 5.01. The van der Waals surface area contributed by atoms with Crippen molar-refractivity contribution >= 4 is 18.3 Å². The molecule has 2 N–H and O–H groups in total. The average molecular weight is 427 g/mol. The Hall–Kier alpha value is -2.83. The molecule has 0 radical (unpaired) electrons. The van der Waals surface area contributed by atoms with Crippen LogP contribution >= 0.6 is 12.4 Å². The average Bonchev–Trinajstić information content (AvgIpc) is 3.37. The van der Waals surface area contributed by atoms with E-state index >= 15 is 0 Å². The molecule has 1 aliphatic rings. The number of halogens is 1. The maximum Gasteiger partial charge on any atom is 0.225 e. The standard InChI is InChI=1S/C23H26N4O2.ClH/c1-16-7-9-19(10-8-16)29-22-6-4-3-5-17(22)11-25-23(28)21-14-24-13-20(21)18-12-26-27(2)15-18;/h3-10,12,15,20-21,24H,11,13-14H2,1-2H3,(H,25,28);1H/t20-,21+;/m1./s1. The largest absolute Gasteiger partial charge is 0.457 e. The summed E-state index contributed by atoms with van der Waals surface area (Å²) in [6.45, 7) is 3.94. The first-order valence-corrected chi connectivity index (χ1v) is 9.89. The predicted octanol–water partition coefficient (Wildman–Crippen LogP) is 3.56. The second-order valence-corrected chi connectivity index (χ2v) is 7.56. The Morgan fingerprint density at radius 1 is 1.20 bits per heavy atom. The minimum Gasteiger partial charge on any atom is -0.457 e. The summed E-state index contributed by atoms with van der Waals surface area (Å²) in [5.74, 6) is 1.62. The fraction of sp³-hybridized carbons (Fsp3) is 0.304. The van der Waals surface area contributed by atoms with E-state index in [9.17, 15) is 4.79 Å². The lowest BCUT2D eigenvalue weighted by Crippen LogP contribution is -2.34. The summed E-state index contributed by atoms with van der Waals surface area (Å²) in [6, 6.07) is 15.7. The molecule has 158 valence electrons. The molecule has 3 aromatic rings. The number of hydrogen-bond donors (Lipinski definition) is 2. The number of benzene rings is 2. The van der Waals surface area contributed by atoms with Gasteiger partial charge in [0.25, 0.3) is 0 Å². The monoisotopic (exact) mass is 426 g/mol. The van der Waals surface area contributed by atoms with Crippen molar-refractivity contribution in [1.82, 2.24) is 20.4 Å². The highest BCUT2D eigenvalue weighted by atomic mass is 35.5. The summed E-state index contributed by atoms with van der Waals surface area (Å²) in [4.78, 5) is 12.9. The number of nitrogens with one attached hydrogen (secondary N) is 2. The Morgan fingerprint density at radius 2 is 1.97 bits per heavy atom. The zero-order valence-electron chi connectivity index (χ0n) is 17.2. The van der Waals surface area contributed by atoms with Gasteiger partial charge in [0, 0.05) is 44.4 Å². The lowest BCUT2D eigenvalue weighted by Gasteiger charge is -2.18. The van der Waals surface area contributed by atoms with Crippen molar-refractivity contribution in [2.75, 3.05) is 13.1 Å². The normalized spacial score (nSPS) is 17.9. The van der Waals surface area contributed by atoms with Crippen molar-refractivity contribution in [3.8, 4) is 11.5 Å². The van der Waals surface area contributed by atoms with Gasteiger partial charge in [-0.3, -0.25) is 9.48 Å². The second kappa shape index (κ2) is 9.78. The SMILES string of the molecule is Cc1ccc(Oc2ccccc2CNC(=O)[C@H]2CNC[C@@H]2c2cnn(C)c2)cc1.Cl. The highest BCUT2D eigenvalue weighted by Crippen LogP contribution is 2.29. The van der Waals surface area contributed by atoms with E-state index in [2.05, 4.69) is 15.7 Å². The number of amides is 1. The molecule has 1 saturated heterocycles. The van der Waals surface area contributed by atoms with Crippen LogP contribution < -0.4 is 15.4 Å². The molecule has 2 aromatic carbocycles. The second-order valence-electron chi connectivity index (χ2n) is 7.56. The molecule has 0 aliphatic carbocycles. The number of carbonyl (C=O) groups is 1. The van der Waals surface area contributed by atoms with Gasteiger partial charge < -0.3 is 15.4 Å². The molecule has 6 nitrogen and oxygen atoms in total. The van der Waals surface area contributed by atoms with Crippen LogP contribution in [0.1, 0.15) is 22.6 Å². The van der Waals surface area contributed by atoms with E-state index < -0.39 is 0 Å². The minimum atomic E-state index is -0.107. The van der Waals surface area contributed by atoms with E-state index in [4.69, 9.17) is 4.74 Å². The van der Waals surface area contributed by atoms with Crippen molar-refractivity contribution < 1.29 is 9.53 Å². The number of aromatic nitrogens is 2. The molecule has 2 atom stereocenters. The third-order valence-electron chi connectivity index (χ3n) is 5.38. The molecular weight excluding hydrogens is 400 g/mol. The fourth-order valence-electron chi connectivity index (χ4n) is 3.73. The van der Waals surface area contributed by atoms with Gasteiger partial charge >= 0.3 is 0 Å². The van der Waals surface area contributed by atoms with E-state index in [1.807, 2.05) is 74.9 Å². The van der Waals surface area contributed by atoms with E-state index in [0.717, 1.165) is 29.2 Å². The van der Waals surface area contributed by atoms with E-state index in [0.29, 0.717) is 13.1 Å². The Labute approximate surface area is 183 Å². The molecule has 1 amide bonds. The van der Waals surface area contributed by atoms with Crippen molar-refractivity contribution in [2.45, 2.75) is 19.4 Å². The Bertz CT molecular complexity index is 987. The van der Waals surface area contributed by atoms with E-state index in [1.54, 1.807) is 4.68 Å². The number of carbonyl (C=O) groups excluding carboxylic acids is 1. The predicted molar refractivity (Wildman–Crippen MR) is 119 cm³/mol. The summed E-state index contributed by atoms with van der Waals surface area (Å²) in [5.41, 5.74) is 3.23. The lowest BCUT2D eigenvalue weighted by molar-refractivity contribution is -0.125. The number of para-hydroxylation sites is 1. The fourth-order valence-corrected chi connectivity index (χ4v) is 3.73. The molecule has 1 aliphatic heterocycles. The van der Waals surface area contributed by atoms with Crippen LogP contribution in [0.15, 0.2) is 60.9 Å². The van der Waals surface area contributed by atoms with Crippen LogP contribution in [0.5, 0.6) is 11.5 Å². The van der Waals surface area contributed by atoms with Crippen LogP contribution in [0, 0.1) is 12.8 Å². The number of nitrogens with zero attached hydrogens (tertiary/aromatic N) is 2. The van der Waals surface area contributed by atoms with Gasteiger partial charge in [-0.25, -0.2) is 0 Å². The van der Waals surface area contributed by atoms with Gasteiger partial charge in [-0.1, -0.05) is 35.9 Å². The first-order valence-electron chi connectivity index (χ1n) is 9.89. The van der Waals surface area contributed by atoms with Gasteiger partial charge in [0.05, 0.1) is 12.1 Å². The first kappa shape index (κ1) is 21.9. The van der Waals surface area contributed by atoms with Gasteiger partial charge in [-0.2, -0.15) is 5.10 Å². The molecule has 7 heteroatoms. The van der Waals surface area contributed by atoms with Crippen molar-refractivity contribution in [2.24, 2.45) is 13.0 Å². The van der Waals surface area contributed by atoms with Crippen LogP contribution in [-0.4, -0.2) is 28.8 Å². The minimum absolute atomic E-state index is 0. The van der Waals surface area contributed by atoms with E-state index in [1.165, 1.54) is 5.56 Å². The summed E-state index contributed by atoms with van der Waals surface area (Å²) in [5, 5.41) is 10.7.